The molecule has 2 amide bonds. The maximum absolute atomic E-state index is 12.6. The second-order valence-corrected chi connectivity index (χ2v) is 6.08. The Morgan fingerprint density at radius 3 is 2.33 bits per heavy atom. The van der Waals surface area contributed by atoms with Gasteiger partial charge in [-0.15, -0.1) is 0 Å². The lowest BCUT2D eigenvalue weighted by molar-refractivity contribution is -0.116. The van der Waals surface area contributed by atoms with Crippen molar-refractivity contribution in [1.29, 1.82) is 0 Å². The Morgan fingerprint density at radius 2 is 1.58 bits per heavy atom. The van der Waals surface area contributed by atoms with Gasteiger partial charge in [0, 0.05) is 19.5 Å². The Morgan fingerprint density at radius 1 is 0.917 bits per heavy atom. The highest BCUT2D eigenvalue weighted by Gasteiger charge is 2.22. The average Bonchev–Trinajstić information content (AvgIpc) is 3.15. The van der Waals surface area contributed by atoms with Crippen molar-refractivity contribution in [2.75, 3.05) is 18.4 Å². The number of hydrogen-bond donors (Lipinski definition) is 1. The van der Waals surface area contributed by atoms with Gasteiger partial charge in [-0.2, -0.15) is 0 Å². The summed E-state index contributed by atoms with van der Waals surface area (Å²) in [6.07, 6.45) is 3.19. The number of likely N-dealkylation sites (tertiary alicyclic amines) is 1. The largest absolute Gasteiger partial charge is 0.339 e. The molecule has 0 aliphatic carbocycles. The molecule has 24 heavy (non-hydrogen) atoms. The normalized spacial score (nSPS) is 13.8. The van der Waals surface area contributed by atoms with Gasteiger partial charge in [0.15, 0.2) is 0 Å². The molecule has 0 atom stereocenters. The summed E-state index contributed by atoms with van der Waals surface area (Å²) in [5.41, 5.74) is 2.31. The second-order valence-electron chi connectivity index (χ2n) is 6.08. The molecule has 0 unspecified atom stereocenters. The molecule has 4 nitrogen and oxygen atoms in total. The molecule has 1 N–H and O–H groups in total. The van der Waals surface area contributed by atoms with Crippen LogP contribution in [-0.2, 0) is 11.2 Å². The van der Waals surface area contributed by atoms with Crippen LogP contribution in [0.4, 0.5) is 5.69 Å². The van der Waals surface area contributed by atoms with E-state index in [0.29, 0.717) is 24.1 Å². The number of rotatable bonds is 5. The van der Waals surface area contributed by atoms with Gasteiger partial charge in [-0.1, -0.05) is 42.5 Å². The maximum Gasteiger partial charge on any atom is 0.255 e. The number of carbonyl (C=O) groups is 2. The summed E-state index contributed by atoms with van der Waals surface area (Å²) in [6.45, 7) is 1.60. The van der Waals surface area contributed by atoms with Gasteiger partial charge in [-0.05, 0) is 37.0 Å². The first kappa shape index (κ1) is 16.2. The number of amides is 2. The molecule has 1 heterocycles. The SMILES string of the molecule is O=C(CCc1ccccc1)Nc1ccccc1C(=O)N1CCCC1. The lowest BCUT2D eigenvalue weighted by Gasteiger charge is -2.18. The van der Waals surface area contributed by atoms with Gasteiger partial charge in [-0.25, -0.2) is 0 Å². The van der Waals surface area contributed by atoms with Crippen molar-refractivity contribution in [1.82, 2.24) is 4.90 Å². The minimum Gasteiger partial charge on any atom is -0.339 e. The van der Waals surface area contributed by atoms with E-state index in [0.717, 1.165) is 31.5 Å². The van der Waals surface area contributed by atoms with Crippen LogP contribution in [-0.4, -0.2) is 29.8 Å². The molecule has 0 bridgehead atoms. The van der Waals surface area contributed by atoms with E-state index in [1.165, 1.54) is 0 Å². The molecule has 2 aromatic rings. The number of carbonyl (C=O) groups excluding carboxylic acids is 2. The summed E-state index contributed by atoms with van der Waals surface area (Å²) in [7, 11) is 0. The van der Waals surface area contributed by atoms with Gasteiger partial charge in [0.25, 0.3) is 5.91 Å². The van der Waals surface area contributed by atoms with Crippen LogP contribution in [0.3, 0.4) is 0 Å². The first-order chi connectivity index (χ1) is 11.7. The number of nitrogens with one attached hydrogen (secondary N) is 1. The quantitative estimate of drug-likeness (QED) is 0.916. The van der Waals surface area contributed by atoms with E-state index in [2.05, 4.69) is 5.32 Å². The highest BCUT2D eigenvalue weighted by molar-refractivity contribution is 6.03. The fourth-order valence-corrected chi connectivity index (χ4v) is 2.98. The molecular formula is C20H22N2O2. The van der Waals surface area contributed by atoms with Crippen molar-refractivity contribution in [3.63, 3.8) is 0 Å². The molecular weight excluding hydrogens is 300 g/mol. The van der Waals surface area contributed by atoms with Gasteiger partial charge >= 0.3 is 0 Å². The average molecular weight is 322 g/mol. The monoisotopic (exact) mass is 322 g/mol. The Hall–Kier alpha value is -2.62. The van der Waals surface area contributed by atoms with Crippen molar-refractivity contribution in [2.45, 2.75) is 25.7 Å². The third kappa shape index (κ3) is 4.02. The Kier molecular flexibility index (Phi) is 5.26. The van der Waals surface area contributed by atoms with Crippen LogP contribution in [0.15, 0.2) is 54.6 Å². The molecule has 2 aromatic carbocycles. The first-order valence-electron chi connectivity index (χ1n) is 8.46. The van der Waals surface area contributed by atoms with Crippen LogP contribution >= 0.6 is 0 Å². The van der Waals surface area contributed by atoms with Crippen molar-refractivity contribution in [3.8, 4) is 0 Å². The third-order valence-corrected chi connectivity index (χ3v) is 4.31. The molecule has 124 valence electrons. The molecule has 1 aliphatic rings. The molecule has 1 saturated heterocycles. The minimum atomic E-state index is -0.0690. The van der Waals surface area contributed by atoms with Crippen LogP contribution < -0.4 is 5.32 Å². The number of hydrogen-bond acceptors (Lipinski definition) is 2. The van der Waals surface area contributed by atoms with Crippen LogP contribution in [0.5, 0.6) is 0 Å². The molecule has 4 heteroatoms. The van der Waals surface area contributed by atoms with Gasteiger partial charge in [-0.3, -0.25) is 9.59 Å². The van der Waals surface area contributed by atoms with E-state index in [9.17, 15) is 9.59 Å². The Labute approximate surface area is 142 Å². The summed E-state index contributed by atoms with van der Waals surface area (Å²) >= 11 is 0. The number of aryl methyl sites for hydroxylation is 1. The van der Waals surface area contributed by atoms with Crippen molar-refractivity contribution in [2.24, 2.45) is 0 Å². The van der Waals surface area contributed by atoms with E-state index in [4.69, 9.17) is 0 Å². The van der Waals surface area contributed by atoms with Crippen LogP contribution in [0.1, 0.15) is 35.2 Å². The van der Waals surface area contributed by atoms with Crippen molar-refractivity contribution in [3.05, 3.63) is 65.7 Å². The molecule has 1 fully saturated rings. The third-order valence-electron chi connectivity index (χ3n) is 4.31. The first-order valence-corrected chi connectivity index (χ1v) is 8.46. The fraction of sp³-hybridized carbons (Fsp3) is 0.300. The lowest BCUT2D eigenvalue weighted by atomic mass is 10.1. The summed E-state index contributed by atoms with van der Waals surface area (Å²) in [4.78, 5) is 26.7. The van der Waals surface area contributed by atoms with E-state index < -0.39 is 0 Å². The Balaban J connectivity index is 1.64. The van der Waals surface area contributed by atoms with Gasteiger partial charge < -0.3 is 10.2 Å². The van der Waals surface area contributed by atoms with E-state index >= 15 is 0 Å². The lowest BCUT2D eigenvalue weighted by Crippen LogP contribution is -2.28. The minimum absolute atomic E-state index is 0.00598. The van der Waals surface area contributed by atoms with Gasteiger partial charge in [0.05, 0.1) is 11.3 Å². The van der Waals surface area contributed by atoms with Crippen LogP contribution in [0, 0.1) is 0 Å². The zero-order valence-corrected chi connectivity index (χ0v) is 13.7. The number of nitrogens with zero attached hydrogens (tertiary/aromatic N) is 1. The molecule has 0 saturated carbocycles. The highest BCUT2D eigenvalue weighted by atomic mass is 16.2. The molecule has 0 aromatic heterocycles. The highest BCUT2D eigenvalue weighted by Crippen LogP contribution is 2.20. The standard InChI is InChI=1S/C20H22N2O2/c23-19(13-12-16-8-2-1-3-9-16)21-18-11-5-4-10-17(18)20(24)22-14-6-7-15-22/h1-5,8-11H,6-7,12-15H2,(H,21,23). The molecule has 0 spiro atoms. The summed E-state index contributed by atoms with van der Waals surface area (Å²) in [6, 6.07) is 17.2. The second kappa shape index (κ2) is 7.77. The summed E-state index contributed by atoms with van der Waals surface area (Å²) in [5, 5.41) is 2.90. The molecule has 3 rings (SSSR count). The van der Waals surface area contributed by atoms with E-state index in [-0.39, 0.29) is 11.8 Å². The topological polar surface area (TPSA) is 49.4 Å². The van der Waals surface area contributed by atoms with Crippen molar-refractivity contribution < 1.29 is 9.59 Å². The summed E-state index contributed by atoms with van der Waals surface area (Å²) < 4.78 is 0. The zero-order chi connectivity index (χ0) is 16.8. The number of benzene rings is 2. The predicted molar refractivity (Wildman–Crippen MR) is 95.0 cm³/mol. The maximum atomic E-state index is 12.6. The smallest absolute Gasteiger partial charge is 0.255 e. The molecule has 0 radical (unpaired) electrons. The zero-order valence-electron chi connectivity index (χ0n) is 13.7. The van der Waals surface area contributed by atoms with Gasteiger partial charge in [0.1, 0.15) is 0 Å². The Bertz CT molecular complexity index is 707. The van der Waals surface area contributed by atoms with Crippen LogP contribution in [0.2, 0.25) is 0 Å². The fourth-order valence-electron chi connectivity index (χ4n) is 2.98. The van der Waals surface area contributed by atoms with E-state index in [1.807, 2.05) is 47.4 Å². The van der Waals surface area contributed by atoms with Crippen LogP contribution in [0.25, 0.3) is 0 Å². The predicted octanol–water partition coefficient (Wildman–Crippen LogP) is 3.49. The molecule has 1 aliphatic heterocycles. The van der Waals surface area contributed by atoms with Crippen molar-refractivity contribution >= 4 is 17.5 Å². The number of anilines is 1. The van der Waals surface area contributed by atoms with E-state index in [1.54, 1.807) is 12.1 Å². The number of para-hydroxylation sites is 1. The summed E-state index contributed by atoms with van der Waals surface area (Å²) in [5.74, 6) is -0.0630. The van der Waals surface area contributed by atoms with Gasteiger partial charge in [0.2, 0.25) is 5.91 Å².